The maximum atomic E-state index is 3.47. The van der Waals surface area contributed by atoms with E-state index in [9.17, 15) is 0 Å². The Kier molecular flexibility index (Phi) is 4.57. The first-order chi connectivity index (χ1) is 8.77. The van der Waals surface area contributed by atoms with Gasteiger partial charge in [0.2, 0.25) is 0 Å². The summed E-state index contributed by atoms with van der Waals surface area (Å²) in [6.45, 7) is 4.50. The van der Waals surface area contributed by atoms with Gasteiger partial charge < -0.3 is 0 Å². The molecule has 0 heterocycles. The molecule has 0 nitrogen and oxygen atoms in total. The normalized spacial score (nSPS) is 11.7. The summed E-state index contributed by atoms with van der Waals surface area (Å²) in [5.74, 6) is 3.30. The van der Waals surface area contributed by atoms with Crippen LogP contribution in [0.2, 0.25) is 0 Å². The number of hydrogen-bond acceptors (Lipinski definition) is 0. The smallest absolute Gasteiger partial charge is 0.0248 e. The Labute approximate surface area is 111 Å². The van der Waals surface area contributed by atoms with Gasteiger partial charge >= 0.3 is 0 Å². The summed E-state index contributed by atoms with van der Waals surface area (Å²) in [6.07, 6.45) is 0. The average molecular weight is 252 g/mol. The van der Waals surface area contributed by atoms with Crippen LogP contribution in [0.5, 0.6) is 0 Å². The number of rotatable bonds is 2. The SMILES string of the molecule is CC(C)P(C#Cc1ccccc1)c1ccccc1. The lowest BCUT2D eigenvalue weighted by atomic mass is 10.2. The Balaban J connectivity index is 2.26. The monoisotopic (exact) mass is 252 g/mol. The Morgan fingerprint density at radius 2 is 1.39 bits per heavy atom. The zero-order valence-corrected chi connectivity index (χ0v) is 11.7. The predicted octanol–water partition coefficient (Wildman–Crippen LogP) is 4.21. The van der Waals surface area contributed by atoms with Gasteiger partial charge in [-0.15, -0.1) is 0 Å². The summed E-state index contributed by atoms with van der Waals surface area (Å²) in [7, 11) is -0.400. The van der Waals surface area contributed by atoms with E-state index in [1.54, 1.807) is 0 Å². The fraction of sp³-hybridized carbons (Fsp3) is 0.176. The molecule has 0 amide bonds. The van der Waals surface area contributed by atoms with Gasteiger partial charge in [0.1, 0.15) is 0 Å². The minimum Gasteiger partial charge on any atom is -0.0661 e. The third-order valence-corrected chi connectivity index (χ3v) is 4.89. The highest BCUT2D eigenvalue weighted by Crippen LogP contribution is 2.38. The Hall–Kier alpha value is -1.57. The van der Waals surface area contributed by atoms with Crippen molar-refractivity contribution in [2.75, 3.05) is 0 Å². The van der Waals surface area contributed by atoms with Crippen molar-refractivity contribution in [3.8, 4) is 11.6 Å². The molecule has 0 fully saturated rings. The van der Waals surface area contributed by atoms with E-state index in [-0.39, 0.29) is 0 Å². The second kappa shape index (κ2) is 6.39. The van der Waals surface area contributed by atoms with Gasteiger partial charge in [-0.25, -0.2) is 0 Å². The first-order valence-corrected chi connectivity index (χ1v) is 7.59. The molecule has 0 saturated carbocycles. The summed E-state index contributed by atoms with van der Waals surface area (Å²) in [5.41, 5.74) is 5.15. The second-order valence-electron chi connectivity index (χ2n) is 4.40. The van der Waals surface area contributed by atoms with Gasteiger partial charge in [-0.1, -0.05) is 74.0 Å². The summed E-state index contributed by atoms with van der Waals surface area (Å²) >= 11 is 0. The summed E-state index contributed by atoms with van der Waals surface area (Å²) < 4.78 is 0. The van der Waals surface area contributed by atoms with Crippen molar-refractivity contribution in [3.05, 3.63) is 66.2 Å². The van der Waals surface area contributed by atoms with Gasteiger partial charge in [0.05, 0.1) is 0 Å². The molecule has 0 bridgehead atoms. The van der Waals surface area contributed by atoms with E-state index in [1.807, 2.05) is 18.2 Å². The fourth-order valence-electron chi connectivity index (χ4n) is 1.73. The first kappa shape index (κ1) is 12.9. The third kappa shape index (κ3) is 3.46. The van der Waals surface area contributed by atoms with E-state index in [0.717, 1.165) is 5.56 Å². The predicted molar refractivity (Wildman–Crippen MR) is 81.5 cm³/mol. The highest BCUT2D eigenvalue weighted by Gasteiger charge is 2.11. The Morgan fingerprint density at radius 1 is 0.833 bits per heavy atom. The molecule has 0 aromatic heterocycles. The molecule has 0 aliphatic heterocycles. The topological polar surface area (TPSA) is 0 Å². The molecule has 1 unspecified atom stereocenters. The van der Waals surface area contributed by atoms with E-state index in [4.69, 9.17) is 0 Å². The summed E-state index contributed by atoms with van der Waals surface area (Å²) in [6, 6.07) is 20.8. The Morgan fingerprint density at radius 3 is 1.94 bits per heavy atom. The van der Waals surface area contributed by atoms with Crippen LogP contribution in [0.4, 0.5) is 0 Å². The quantitative estimate of drug-likeness (QED) is 0.554. The van der Waals surface area contributed by atoms with Gasteiger partial charge in [-0.3, -0.25) is 0 Å². The van der Waals surface area contributed by atoms with Gasteiger partial charge in [0.15, 0.2) is 0 Å². The number of benzene rings is 2. The largest absolute Gasteiger partial charge is 0.0661 e. The van der Waals surface area contributed by atoms with Gasteiger partial charge in [-0.05, 0) is 23.1 Å². The standard InChI is InChI=1S/C17H17P/c1-15(2)18(17-11-7-4-8-12-17)14-13-16-9-5-3-6-10-16/h3-12,15H,1-2H3. The molecule has 90 valence electrons. The number of hydrogen-bond donors (Lipinski definition) is 0. The lowest BCUT2D eigenvalue weighted by Gasteiger charge is -2.15. The van der Waals surface area contributed by atoms with Crippen LogP contribution in [-0.4, -0.2) is 5.66 Å². The van der Waals surface area contributed by atoms with Gasteiger partial charge in [-0.2, -0.15) is 0 Å². The van der Waals surface area contributed by atoms with Gasteiger partial charge in [0, 0.05) is 13.5 Å². The van der Waals surface area contributed by atoms with Gasteiger partial charge in [0.25, 0.3) is 0 Å². The molecule has 2 aromatic rings. The lowest BCUT2D eigenvalue weighted by molar-refractivity contribution is 1.10. The minimum atomic E-state index is -0.400. The first-order valence-electron chi connectivity index (χ1n) is 6.18. The molecule has 2 rings (SSSR count). The molecule has 0 spiro atoms. The van der Waals surface area contributed by atoms with Crippen molar-refractivity contribution in [1.82, 2.24) is 0 Å². The Bertz CT molecular complexity index is 532. The molecule has 0 saturated heterocycles. The average Bonchev–Trinajstić information content (AvgIpc) is 2.41. The van der Waals surface area contributed by atoms with Crippen molar-refractivity contribution < 1.29 is 0 Å². The molecule has 2 aromatic carbocycles. The zero-order valence-electron chi connectivity index (χ0n) is 10.8. The summed E-state index contributed by atoms with van der Waals surface area (Å²) in [5, 5.41) is 1.37. The van der Waals surface area contributed by atoms with Crippen LogP contribution in [0, 0.1) is 11.6 Å². The van der Waals surface area contributed by atoms with E-state index in [0.29, 0.717) is 5.66 Å². The summed E-state index contributed by atoms with van der Waals surface area (Å²) in [4.78, 5) is 0. The van der Waals surface area contributed by atoms with Crippen LogP contribution in [0.3, 0.4) is 0 Å². The fourth-order valence-corrected chi connectivity index (χ4v) is 3.45. The third-order valence-electron chi connectivity index (χ3n) is 2.65. The molecular formula is C17H17P. The van der Waals surface area contributed by atoms with Crippen LogP contribution >= 0.6 is 7.92 Å². The van der Waals surface area contributed by atoms with E-state index in [1.165, 1.54) is 5.30 Å². The van der Waals surface area contributed by atoms with Crippen LogP contribution < -0.4 is 5.30 Å². The zero-order chi connectivity index (χ0) is 12.8. The lowest BCUT2D eigenvalue weighted by Crippen LogP contribution is -2.05. The maximum absolute atomic E-state index is 3.47. The molecule has 0 aliphatic rings. The van der Waals surface area contributed by atoms with Crippen molar-refractivity contribution in [1.29, 1.82) is 0 Å². The van der Waals surface area contributed by atoms with Crippen molar-refractivity contribution in [3.63, 3.8) is 0 Å². The van der Waals surface area contributed by atoms with E-state index < -0.39 is 7.92 Å². The maximum Gasteiger partial charge on any atom is 0.0248 e. The minimum absolute atomic E-state index is 0.400. The highest BCUT2D eigenvalue weighted by atomic mass is 31.1. The molecular weight excluding hydrogens is 235 g/mol. The molecule has 0 aliphatic carbocycles. The molecule has 0 radical (unpaired) electrons. The van der Waals surface area contributed by atoms with Crippen molar-refractivity contribution in [2.45, 2.75) is 19.5 Å². The second-order valence-corrected chi connectivity index (χ2v) is 6.91. The molecule has 0 N–H and O–H groups in total. The molecule has 1 heteroatoms. The highest BCUT2D eigenvalue weighted by molar-refractivity contribution is 7.71. The van der Waals surface area contributed by atoms with Crippen LogP contribution in [0.1, 0.15) is 19.4 Å². The van der Waals surface area contributed by atoms with Crippen molar-refractivity contribution >= 4 is 13.2 Å². The van der Waals surface area contributed by atoms with E-state index >= 15 is 0 Å². The van der Waals surface area contributed by atoms with E-state index in [2.05, 4.69) is 67.9 Å². The van der Waals surface area contributed by atoms with Crippen LogP contribution in [0.25, 0.3) is 0 Å². The van der Waals surface area contributed by atoms with Crippen LogP contribution in [0.15, 0.2) is 60.7 Å². The van der Waals surface area contributed by atoms with Crippen molar-refractivity contribution in [2.24, 2.45) is 0 Å². The molecule has 18 heavy (non-hydrogen) atoms. The molecule has 1 atom stereocenters. The van der Waals surface area contributed by atoms with Crippen LogP contribution in [-0.2, 0) is 0 Å².